The van der Waals surface area contributed by atoms with Gasteiger partial charge in [-0.25, -0.2) is 4.79 Å². The zero-order chi connectivity index (χ0) is 28.8. The lowest BCUT2D eigenvalue weighted by molar-refractivity contribution is -0.119. The Labute approximate surface area is 256 Å². The number of rotatable bonds is 9. The molecular weight excluding hydrogens is 607 g/mol. The molecule has 2 aromatic carbocycles. The predicted octanol–water partition coefficient (Wildman–Crippen LogP) is 6.46. The molecule has 0 aliphatic carbocycles. The molecule has 1 aromatic heterocycles. The van der Waals surface area contributed by atoms with Crippen molar-refractivity contribution in [2.75, 3.05) is 51.5 Å². The Morgan fingerprint density at radius 1 is 1.10 bits per heavy atom. The number of amides is 1. The lowest BCUT2D eigenvalue weighted by atomic mass is 9.79. The van der Waals surface area contributed by atoms with Gasteiger partial charge in [0.25, 0.3) is 5.91 Å². The van der Waals surface area contributed by atoms with E-state index in [1.165, 1.54) is 18.4 Å². The number of carbonyl (C=O) groups excluding carboxylic acids is 2. The van der Waals surface area contributed by atoms with Gasteiger partial charge < -0.3 is 29.2 Å². The van der Waals surface area contributed by atoms with Gasteiger partial charge in [-0.15, -0.1) is 0 Å². The van der Waals surface area contributed by atoms with E-state index in [0.29, 0.717) is 28.2 Å². The molecule has 1 fully saturated rings. The van der Waals surface area contributed by atoms with E-state index in [4.69, 9.17) is 42.1 Å². The first-order chi connectivity index (χ1) is 19.9. The summed E-state index contributed by atoms with van der Waals surface area (Å²) in [6.45, 7) is 3.21. The van der Waals surface area contributed by atoms with Crippen molar-refractivity contribution in [1.29, 1.82) is 0 Å². The number of hydrogen-bond donors (Lipinski definition) is 1. The predicted molar refractivity (Wildman–Crippen MR) is 161 cm³/mol. The number of hydrogen-bond acceptors (Lipinski definition) is 9. The van der Waals surface area contributed by atoms with Gasteiger partial charge in [-0.05, 0) is 58.3 Å². The number of carbonyl (C=O) groups is 2. The molecule has 0 saturated carbocycles. The number of thiophene rings is 1. The average Bonchev–Trinajstić information content (AvgIpc) is 3.52. The highest BCUT2D eigenvalue weighted by Crippen LogP contribution is 2.46. The van der Waals surface area contributed by atoms with Crippen LogP contribution in [0.5, 0.6) is 0 Å². The van der Waals surface area contributed by atoms with Crippen LogP contribution < -0.4 is 10.2 Å². The number of benzene rings is 2. The van der Waals surface area contributed by atoms with Crippen LogP contribution in [0.15, 0.2) is 74.9 Å². The van der Waals surface area contributed by atoms with Crippen LogP contribution in [0.4, 0.5) is 10.5 Å². The average molecular weight is 636 g/mol. The maximum absolute atomic E-state index is 13.9. The van der Waals surface area contributed by atoms with Crippen LogP contribution in [0.2, 0.25) is 10.0 Å². The molecule has 1 amide bonds. The normalized spacial score (nSPS) is 19.2. The summed E-state index contributed by atoms with van der Waals surface area (Å²) in [5.74, 6) is -0.231. The van der Waals surface area contributed by atoms with Crippen molar-refractivity contribution < 1.29 is 28.5 Å². The molecule has 1 unspecified atom stereocenters. The molecule has 1 N–H and O–H groups in total. The van der Waals surface area contributed by atoms with Crippen molar-refractivity contribution >= 4 is 64.1 Å². The lowest BCUT2D eigenvalue weighted by Gasteiger charge is -2.39. The smallest absolute Gasteiger partial charge is 0.432 e. The topological polar surface area (TPSA) is 86.3 Å². The first kappa shape index (κ1) is 29.8. The Balaban J connectivity index is 1.53. The Morgan fingerprint density at radius 2 is 1.88 bits per heavy atom. The minimum absolute atomic E-state index is 0.0129. The Hall–Kier alpha value is -2.73. The molecular formula is C29H28Cl2N2O6S2. The van der Waals surface area contributed by atoms with Crippen LogP contribution >= 0.6 is 46.3 Å². The van der Waals surface area contributed by atoms with Gasteiger partial charge in [0.2, 0.25) is 0 Å². The summed E-state index contributed by atoms with van der Waals surface area (Å²) in [7, 11) is 1.51. The lowest BCUT2D eigenvalue weighted by Crippen LogP contribution is -2.50. The number of thioether (sulfide) groups is 1. The molecule has 3 aromatic rings. The first-order valence-corrected chi connectivity index (χ1v) is 15.4. The standard InChI is InChI=1S/C29H28Cl2N2O6S2/c1-36-13-14-38-28(35)39-24-17-29(20-8-15-40-18-20,19-2-5-22(6-3-19)33-9-11-37-12-10-33)32-27(34)26(24)41-25-7-4-21(30)16-23(25)31/h2-8,15-16,18H,9-14,17H2,1H3,(H,32,34). The van der Waals surface area contributed by atoms with E-state index in [9.17, 15) is 9.59 Å². The first-order valence-electron chi connectivity index (χ1n) is 12.9. The molecule has 216 valence electrons. The van der Waals surface area contributed by atoms with E-state index in [1.807, 2.05) is 41.1 Å². The fourth-order valence-electron chi connectivity index (χ4n) is 4.74. The number of morpholine rings is 1. The third kappa shape index (κ3) is 6.85. The molecule has 0 radical (unpaired) electrons. The highest BCUT2D eigenvalue weighted by atomic mass is 35.5. The van der Waals surface area contributed by atoms with Gasteiger partial charge in [-0.2, -0.15) is 11.3 Å². The SMILES string of the molecule is COCCOC(=O)OC1=C(Sc2ccc(Cl)cc2Cl)C(=O)NC(c2ccc(N3CCOCC3)cc2)(c2ccsc2)C1. The summed E-state index contributed by atoms with van der Waals surface area (Å²) < 4.78 is 21.4. The van der Waals surface area contributed by atoms with Crippen molar-refractivity contribution in [1.82, 2.24) is 5.32 Å². The summed E-state index contributed by atoms with van der Waals surface area (Å²) >= 11 is 15.1. The van der Waals surface area contributed by atoms with E-state index in [2.05, 4.69) is 10.2 Å². The molecule has 8 nitrogen and oxygen atoms in total. The third-order valence-corrected chi connectivity index (χ3v) is 9.32. The number of nitrogens with one attached hydrogen (secondary N) is 1. The minimum atomic E-state index is -0.989. The molecule has 3 heterocycles. The second kappa shape index (κ2) is 13.5. The highest BCUT2D eigenvalue weighted by molar-refractivity contribution is 8.04. The molecule has 2 aliphatic rings. The second-order valence-corrected chi connectivity index (χ2v) is 12.0. The van der Waals surface area contributed by atoms with Gasteiger partial charge >= 0.3 is 6.16 Å². The maximum Gasteiger partial charge on any atom is 0.513 e. The van der Waals surface area contributed by atoms with Crippen molar-refractivity contribution in [3.63, 3.8) is 0 Å². The van der Waals surface area contributed by atoms with E-state index < -0.39 is 17.6 Å². The van der Waals surface area contributed by atoms with Crippen LogP contribution in [0.3, 0.4) is 0 Å². The zero-order valence-corrected chi connectivity index (χ0v) is 25.3. The summed E-state index contributed by atoms with van der Waals surface area (Å²) in [5, 5.41) is 8.02. The van der Waals surface area contributed by atoms with Crippen molar-refractivity contribution in [3.05, 3.63) is 91.1 Å². The van der Waals surface area contributed by atoms with Gasteiger partial charge in [0, 0.05) is 42.2 Å². The quantitative estimate of drug-likeness (QED) is 0.212. The van der Waals surface area contributed by atoms with Gasteiger partial charge in [-0.1, -0.05) is 47.1 Å². The van der Waals surface area contributed by atoms with Gasteiger partial charge in [0.05, 0.1) is 30.4 Å². The number of ether oxygens (including phenoxy) is 4. The Morgan fingerprint density at radius 3 is 2.56 bits per heavy atom. The van der Waals surface area contributed by atoms with Crippen LogP contribution in [-0.4, -0.2) is 58.7 Å². The number of anilines is 1. The summed E-state index contributed by atoms with van der Waals surface area (Å²) in [4.78, 5) is 29.7. The van der Waals surface area contributed by atoms with E-state index >= 15 is 0 Å². The summed E-state index contributed by atoms with van der Waals surface area (Å²) in [6, 6.07) is 15.1. The van der Waals surface area contributed by atoms with Gasteiger partial charge in [0.1, 0.15) is 17.3 Å². The number of nitrogens with zero attached hydrogens (tertiary/aromatic N) is 1. The van der Waals surface area contributed by atoms with Crippen LogP contribution in [0, 0.1) is 0 Å². The maximum atomic E-state index is 13.9. The summed E-state index contributed by atoms with van der Waals surface area (Å²) in [6.07, 6.45) is -0.756. The Bertz CT molecular complexity index is 1410. The number of methoxy groups -OCH3 is 1. The van der Waals surface area contributed by atoms with Crippen LogP contribution in [0.1, 0.15) is 17.5 Å². The van der Waals surface area contributed by atoms with Crippen LogP contribution in [-0.2, 0) is 29.3 Å². The van der Waals surface area contributed by atoms with E-state index in [1.54, 1.807) is 18.2 Å². The number of halogens is 2. The summed E-state index contributed by atoms with van der Waals surface area (Å²) in [5.41, 5.74) is 1.81. The van der Waals surface area contributed by atoms with E-state index in [0.717, 1.165) is 41.7 Å². The fraction of sp³-hybridized carbons (Fsp3) is 0.310. The molecule has 0 spiro atoms. The third-order valence-electron chi connectivity index (χ3n) is 6.78. The molecule has 0 bridgehead atoms. The second-order valence-electron chi connectivity index (χ2n) is 9.32. The highest BCUT2D eigenvalue weighted by Gasteiger charge is 2.44. The largest absolute Gasteiger partial charge is 0.513 e. The van der Waals surface area contributed by atoms with Crippen LogP contribution in [0.25, 0.3) is 0 Å². The molecule has 41 heavy (non-hydrogen) atoms. The Kier molecular flexibility index (Phi) is 9.79. The zero-order valence-electron chi connectivity index (χ0n) is 22.2. The monoisotopic (exact) mass is 634 g/mol. The molecule has 1 atom stereocenters. The van der Waals surface area contributed by atoms with Crippen molar-refractivity contribution in [3.8, 4) is 0 Å². The van der Waals surface area contributed by atoms with E-state index in [-0.39, 0.29) is 30.3 Å². The molecule has 5 rings (SSSR count). The fourth-order valence-corrected chi connectivity index (χ4v) is 6.87. The van der Waals surface area contributed by atoms with Crippen molar-refractivity contribution in [2.24, 2.45) is 0 Å². The van der Waals surface area contributed by atoms with Crippen molar-refractivity contribution in [2.45, 2.75) is 16.9 Å². The molecule has 12 heteroatoms. The minimum Gasteiger partial charge on any atom is -0.432 e. The van der Waals surface area contributed by atoms with Gasteiger partial charge in [0.15, 0.2) is 0 Å². The van der Waals surface area contributed by atoms with Gasteiger partial charge in [-0.3, -0.25) is 4.79 Å². The molecule has 2 aliphatic heterocycles. The molecule has 1 saturated heterocycles.